The van der Waals surface area contributed by atoms with Crippen LogP contribution in [0.5, 0.6) is 0 Å². The Balaban J connectivity index is 2.03. The Morgan fingerprint density at radius 3 is 2.45 bits per heavy atom. The largest absolute Gasteiger partial charge is 0.469 e. The quantitative estimate of drug-likeness (QED) is 0.892. The van der Waals surface area contributed by atoms with Gasteiger partial charge in [0.1, 0.15) is 5.76 Å². The molecule has 4 heteroatoms. The molecule has 0 aliphatic heterocycles. The highest BCUT2D eigenvalue weighted by Crippen LogP contribution is 2.17. The molecule has 1 aromatic heterocycles. The van der Waals surface area contributed by atoms with Gasteiger partial charge in [-0.25, -0.2) is 0 Å². The third-order valence-corrected chi connectivity index (χ3v) is 3.67. The first-order chi connectivity index (χ1) is 10.3. The molecule has 2 aromatic rings. The fraction of sp³-hybridized carbons (Fsp3) is 0.389. The van der Waals surface area contributed by atoms with Crippen molar-refractivity contribution in [3.8, 4) is 0 Å². The van der Waals surface area contributed by atoms with Gasteiger partial charge in [-0.1, -0.05) is 17.7 Å². The van der Waals surface area contributed by atoms with Crippen LogP contribution in [0.15, 0.2) is 34.9 Å². The topological polar surface area (TPSA) is 62.5 Å². The van der Waals surface area contributed by atoms with Crippen LogP contribution in [0, 0.1) is 20.8 Å². The summed E-state index contributed by atoms with van der Waals surface area (Å²) in [4.78, 5) is 12.4. The lowest BCUT2D eigenvalue weighted by atomic mass is 9.97. The van der Waals surface area contributed by atoms with E-state index in [2.05, 4.69) is 5.32 Å². The summed E-state index contributed by atoms with van der Waals surface area (Å²) in [5.41, 5.74) is 2.65. The van der Waals surface area contributed by atoms with E-state index in [1.54, 1.807) is 19.3 Å². The van der Waals surface area contributed by atoms with Crippen LogP contribution in [-0.2, 0) is 6.42 Å². The minimum atomic E-state index is -1.06. The number of aliphatic hydroxyl groups is 1. The zero-order chi connectivity index (χ0) is 16.3. The second kappa shape index (κ2) is 6.36. The van der Waals surface area contributed by atoms with Gasteiger partial charge < -0.3 is 14.8 Å². The number of hydrogen-bond donors (Lipinski definition) is 2. The van der Waals surface area contributed by atoms with Gasteiger partial charge in [0.2, 0.25) is 0 Å². The summed E-state index contributed by atoms with van der Waals surface area (Å²) in [6, 6.07) is 7.57. The van der Waals surface area contributed by atoms with Crippen LogP contribution in [0.3, 0.4) is 0 Å². The lowest BCUT2D eigenvalue weighted by Gasteiger charge is -2.23. The van der Waals surface area contributed by atoms with Crippen LogP contribution in [0.1, 0.15) is 39.7 Å². The molecule has 0 aliphatic carbocycles. The van der Waals surface area contributed by atoms with E-state index >= 15 is 0 Å². The van der Waals surface area contributed by atoms with E-state index in [1.165, 1.54) is 0 Å². The molecule has 1 amide bonds. The average Bonchev–Trinajstić information content (AvgIpc) is 2.87. The molecule has 1 aromatic carbocycles. The predicted octanol–water partition coefficient (Wildman–Crippen LogP) is 2.93. The van der Waals surface area contributed by atoms with Crippen LogP contribution >= 0.6 is 0 Å². The molecule has 0 saturated carbocycles. The van der Waals surface area contributed by atoms with Crippen molar-refractivity contribution in [1.82, 2.24) is 5.32 Å². The lowest BCUT2D eigenvalue weighted by Crippen LogP contribution is -2.42. The van der Waals surface area contributed by atoms with Gasteiger partial charge in [-0.3, -0.25) is 4.79 Å². The predicted molar refractivity (Wildman–Crippen MR) is 86.0 cm³/mol. The summed E-state index contributed by atoms with van der Waals surface area (Å²) in [5.74, 6) is 0.539. The summed E-state index contributed by atoms with van der Waals surface area (Å²) in [5, 5.41) is 13.2. The Labute approximate surface area is 131 Å². The first-order valence-corrected chi connectivity index (χ1v) is 7.39. The van der Waals surface area contributed by atoms with Crippen molar-refractivity contribution in [2.24, 2.45) is 0 Å². The summed E-state index contributed by atoms with van der Waals surface area (Å²) < 4.78 is 5.24. The molecule has 1 atom stereocenters. The van der Waals surface area contributed by atoms with Crippen molar-refractivity contribution in [3.63, 3.8) is 0 Å². The molecule has 0 saturated heterocycles. The van der Waals surface area contributed by atoms with Crippen molar-refractivity contribution >= 4 is 5.91 Å². The number of nitrogens with one attached hydrogen (secondary N) is 1. The third kappa shape index (κ3) is 3.98. The lowest BCUT2D eigenvalue weighted by molar-refractivity contribution is 0.0510. The molecular formula is C18H23NO3. The van der Waals surface area contributed by atoms with Crippen molar-refractivity contribution in [2.45, 2.75) is 39.7 Å². The summed E-state index contributed by atoms with van der Waals surface area (Å²) in [7, 11) is 0. The van der Waals surface area contributed by atoms with Gasteiger partial charge in [0, 0.05) is 18.5 Å². The van der Waals surface area contributed by atoms with E-state index in [0.717, 1.165) is 16.7 Å². The number of carbonyl (C=O) groups is 1. The molecule has 4 nitrogen and oxygen atoms in total. The van der Waals surface area contributed by atoms with Gasteiger partial charge in [0.25, 0.3) is 5.91 Å². The molecule has 1 heterocycles. The molecule has 2 N–H and O–H groups in total. The number of amides is 1. The van der Waals surface area contributed by atoms with Crippen LogP contribution < -0.4 is 5.32 Å². The molecule has 0 radical (unpaired) electrons. The molecule has 0 fully saturated rings. The Morgan fingerprint density at radius 1 is 1.27 bits per heavy atom. The molecule has 2 rings (SSSR count). The molecular weight excluding hydrogens is 278 g/mol. The zero-order valence-electron chi connectivity index (χ0n) is 13.6. The second-order valence-electron chi connectivity index (χ2n) is 6.21. The summed E-state index contributed by atoms with van der Waals surface area (Å²) >= 11 is 0. The Kier molecular flexibility index (Phi) is 4.71. The molecule has 1 unspecified atom stereocenters. The van der Waals surface area contributed by atoms with E-state index in [0.29, 0.717) is 17.7 Å². The smallest absolute Gasteiger partial charge is 0.251 e. The van der Waals surface area contributed by atoms with Gasteiger partial charge in [0.05, 0.1) is 11.9 Å². The van der Waals surface area contributed by atoms with Gasteiger partial charge in [-0.05, 0) is 51.0 Å². The minimum Gasteiger partial charge on any atom is -0.469 e. The van der Waals surface area contributed by atoms with Gasteiger partial charge >= 0.3 is 0 Å². The van der Waals surface area contributed by atoms with Crippen molar-refractivity contribution in [1.29, 1.82) is 0 Å². The maximum absolute atomic E-state index is 12.4. The number of aryl methyl sites for hydroxylation is 3. The van der Waals surface area contributed by atoms with E-state index in [9.17, 15) is 9.90 Å². The number of rotatable bonds is 5. The molecule has 118 valence electrons. The fourth-order valence-electron chi connectivity index (χ4n) is 2.75. The van der Waals surface area contributed by atoms with Crippen LogP contribution in [0.4, 0.5) is 0 Å². The number of hydrogen-bond acceptors (Lipinski definition) is 3. The molecule has 0 bridgehead atoms. The third-order valence-electron chi connectivity index (χ3n) is 3.67. The highest BCUT2D eigenvalue weighted by atomic mass is 16.3. The first kappa shape index (κ1) is 16.3. The minimum absolute atomic E-state index is 0.158. The number of furan rings is 1. The molecule has 0 aliphatic rings. The Morgan fingerprint density at radius 2 is 1.91 bits per heavy atom. The SMILES string of the molecule is Cc1cc(C)c(C(=O)NCC(C)(O)Cc2ccco2)c(C)c1. The van der Waals surface area contributed by atoms with Crippen LogP contribution in [0.2, 0.25) is 0 Å². The van der Waals surface area contributed by atoms with Crippen molar-refractivity contribution in [2.75, 3.05) is 6.54 Å². The van der Waals surface area contributed by atoms with Gasteiger partial charge in [-0.2, -0.15) is 0 Å². The highest BCUT2D eigenvalue weighted by Gasteiger charge is 2.24. The zero-order valence-corrected chi connectivity index (χ0v) is 13.6. The standard InChI is InChI=1S/C18H23NO3/c1-12-8-13(2)16(14(3)9-12)17(20)19-11-18(4,21)10-15-6-5-7-22-15/h5-9,21H,10-11H2,1-4H3,(H,19,20). The van der Waals surface area contributed by atoms with E-state index < -0.39 is 5.60 Å². The highest BCUT2D eigenvalue weighted by molar-refractivity contribution is 5.97. The molecule has 0 spiro atoms. The average molecular weight is 301 g/mol. The maximum atomic E-state index is 12.4. The first-order valence-electron chi connectivity index (χ1n) is 7.39. The van der Waals surface area contributed by atoms with E-state index in [1.807, 2.05) is 39.0 Å². The van der Waals surface area contributed by atoms with E-state index in [-0.39, 0.29) is 12.5 Å². The number of benzene rings is 1. The summed E-state index contributed by atoms with van der Waals surface area (Å²) in [6.07, 6.45) is 1.93. The van der Waals surface area contributed by atoms with Crippen molar-refractivity contribution < 1.29 is 14.3 Å². The molecule has 22 heavy (non-hydrogen) atoms. The summed E-state index contributed by atoms with van der Waals surface area (Å²) in [6.45, 7) is 7.71. The fourth-order valence-corrected chi connectivity index (χ4v) is 2.75. The van der Waals surface area contributed by atoms with Crippen LogP contribution in [0.25, 0.3) is 0 Å². The van der Waals surface area contributed by atoms with Gasteiger partial charge in [0.15, 0.2) is 0 Å². The number of carbonyl (C=O) groups excluding carboxylic acids is 1. The Bertz CT molecular complexity index is 634. The monoisotopic (exact) mass is 301 g/mol. The maximum Gasteiger partial charge on any atom is 0.251 e. The second-order valence-corrected chi connectivity index (χ2v) is 6.21. The van der Waals surface area contributed by atoms with Gasteiger partial charge in [-0.15, -0.1) is 0 Å². The van der Waals surface area contributed by atoms with E-state index in [4.69, 9.17) is 4.42 Å². The Hall–Kier alpha value is -2.07. The van der Waals surface area contributed by atoms with Crippen molar-refractivity contribution in [3.05, 3.63) is 58.5 Å². The normalized spacial score (nSPS) is 13.7. The van der Waals surface area contributed by atoms with Crippen LogP contribution in [-0.4, -0.2) is 23.2 Å².